The van der Waals surface area contributed by atoms with Gasteiger partial charge in [0.15, 0.2) is 0 Å². The first kappa shape index (κ1) is 17.2. The van der Waals surface area contributed by atoms with Crippen molar-refractivity contribution in [1.29, 1.82) is 0 Å². The van der Waals surface area contributed by atoms with Crippen LogP contribution in [0, 0.1) is 0 Å². The molecule has 0 aromatic rings. The standard InChI is InChI=1S/C15H24O7/c1-12(2,3)18-10(16)14-8-7-9-15(20-14,22-21-14)11(17)19-13(4,5)6/h7-9H2,1-6H3. The third-order valence-electron chi connectivity index (χ3n) is 3.07. The molecule has 126 valence electrons. The van der Waals surface area contributed by atoms with E-state index in [1.807, 2.05) is 0 Å². The van der Waals surface area contributed by atoms with Crippen LogP contribution in [0.3, 0.4) is 0 Å². The minimum absolute atomic E-state index is 0.256. The molecule has 0 spiro atoms. The largest absolute Gasteiger partial charge is 0.456 e. The summed E-state index contributed by atoms with van der Waals surface area (Å²) in [6.45, 7) is 10.4. The van der Waals surface area contributed by atoms with Crippen molar-refractivity contribution < 1.29 is 33.6 Å². The van der Waals surface area contributed by atoms with Crippen molar-refractivity contribution in [1.82, 2.24) is 0 Å². The number of ether oxygens (including phenoxy) is 3. The Labute approximate surface area is 130 Å². The van der Waals surface area contributed by atoms with Crippen LogP contribution in [0.2, 0.25) is 0 Å². The van der Waals surface area contributed by atoms with Crippen molar-refractivity contribution in [2.75, 3.05) is 0 Å². The van der Waals surface area contributed by atoms with Crippen LogP contribution < -0.4 is 0 Å². The summed E-state index contributed by atoms with van der Waals surface area (Å²) in [5, 5.41) is 0. The van der Waals surface area contributed by atoms with E-state index in [4.69, 9.17) is 24.0 Å². The van der Waals surface area contributed by atoms with Crippen LogP contribution in [0.4, 0.5) is 0 Å². The predicted octanol–water partition coefficient (Wildman–Crippen LogP) is 2.22. The van der Waals surface area contributed by atoms with Crippen LogP contribution in [0.1, 0.15) is 60.8 Å². The summed E-state index contributed by atoms with van der Waals surface area (Å²) in [6, 6.07) is 0. The van der Waals surface area contributed by atoms with Crippen LogP contribution >= 0.6 is 0 Å². The number of fused-ring (bicyclic) bond motifs is 2. The van der Waals surface area contributed by atoms with Crippen LogP contribution in [0.15, 0.2) is 0 Å². The average molecular weight is 316 g/mol. The molecule has 0 N–H and O–H groups in total. The molecule has 0 amide bonds. The van der Waals surface area contributed by atoms with E-state index in [-0.39, 0.29) is 12.8 Å². The summed E-state index contributed by atoms with van der Waals surface area (Å²) in [5.74, 6) is -4.82. The normalized spacial score (nSPS) is 31.7. The van der Waals surface area contributed by atoms with E-state index >= 15 is 0 Å². The van der Waals surface area contributed by atoms with Gasteiger partial charge in [0.2, 0.25) is 0 Å². The number of esters is 2. The summed E-state index contributed by atoms with van der Waals surface area (Å²) in [7, 11) is 0. The summed E-state index contributed by atoms with van der Waals surface area (Å²) in [6.07, 6.45) is 1.03. The fraction of sp³-hybridized carbons (Fsp3) is 0.867. The maximum atomic E-state index is 12.3. The summed E-state index contributed by atoms with van der Waals surface area (Å²) in [5.41, 5.74) is -1.40. The Kier molecular flexibility index (Phi) is 4.04. The number of hydrogen-bond acceptors (Lipinski definition) is 7. The van der Waals surface area contributed by atoms with Crippen molar-refractivity contribution in [3.05, 3.63) is 0 Å². The Morgan fingerprint density at radius 3 is 1.50 bits per heavy atom. The highest BCUT2D eigenvalue weighted by Crippen LogP contribution is 2.46. The zero-order valence-electron chi connectivity index (χ0n) is 14.0. The molecular formula is C15H24O7. The van der Waals surface area contributed by atoms with Gasteiger partial charge in [-0.05, 0) is 48.0 Å². The molecule has 0 aromatic heterocycles. The van der Waals surface area contributed by atoms with E-state index in [1.54, 1.807) is 41.5 Å². The monoisotopic (exact) mass is 316 g/mol. The lowest BCUT2D eigenvalue weighted by Crippen LogP contribution is -2.53. The molecule has 2 fully saturated rings. The Balaban J connectivity index is 2.16. The van der Waals surface area contributed by atoms with Crippen LogP contribution in [-0.4, -0.2) is 34.7 Å². The number of carbonyl (C=O) groups excluding carboxylic acids is 2. The van der Waals surface area contributed by atoms with Gasteiger partial charge in [0.1, 0.15) is 11.2 Å². The summed E-state index contributed by atoms with van der Waals surface area (Å²) >= 11 is 0. The van der Waals surface area contributed by atoms with Gasteiger partial charge in [-0.1, -0.05) is 0 Å². The fourth-order valence-electron chi connectivity index (χ4n) is 2.24. The average Bonchev–Trinajstić information content (AvgIpc) is 2.59. The molecule has 2 rings (SSSR count). The Morgan fingerprint density at radius 2 is 1.18 bits per heavy atom. The number of carbonyl (C=O) groups is 2. The molecular weight excluding hydrogens is 292 g/mol. The van der Waals surface area contributed by atoms with E-state index in [2.05, 4.69) is 0 Å². The Morgan fingerprint density at radius 1 is 0.818 bits per heavy atom. The fourth-order valence-corrected chi connectivity index (χ4v) is 2.24. The van der Waals surface area contributed by atoms with Crippen molar-refractivity contribution in [3.63, 3.8) is 0 Å². The molecule has 2 saturated heterocycles. The molecule has 7 nitrogen and oxygen atoms in total. The van der Waals surface area contributed by atoms with Gasteiger partial charge in [-0.3, -0.25) is 4.74 Å². The van der Waals surface area contributed by atoms with Gasteiger partial charge >= 0.3 is 23.5 Å². The van der Waals surface area contributed by atoms with Crippen LogP contribution in [-0.2, 0) is 33.6 Å². The zero-order chi connectivity index (χ0) is 16.8. The van der Waals surface area contributed by atoms with Gasteiger partial charge in [-0.25, -0.2) is 9.59 Å². The van der Waals surface area contributed by atoms with E-state index in [1.165, 1.54) is 0 Å². The van der Waals surface area contributed by atoms with Crippen molar-refractivity contribution in [2.45, 2.75) is 83.6 Å². The van der Waals surface area contributed by atoms with E-state index in [9.17, 15) is 9.59 Å². The van der Waals surface area contributed by atoms with Gasteiger partial charge in [0.05, 0.1) is 0 Å². The van der Waals surface area contributed by atoms with Gasteiger partial charge in [0.25, 0.3) is 0 Å². The van der Waals surface area contributed by atoms with Gasteiger partial charge < -0.3 is 9.47 Å². The lowest BCUT2D eigenvalue weighted by atomic mass is 9.99. The molecule has 2 aliphatic heterocycles. The van der Waals surface area contributed by atoms with Gasteiger partial charge in [0, 0.05) is 12.8 Å². The molecule has 2 heterocycles. The summed E-state index contributed by atoms with van der Waals surface area (Å²) in [4.78, 5) is 34.9. The number of hydrogen-bond donors (Lipinski definition) is 0. The van der Waals surface area contributed by atoms with Crippen LogP contribution in [0.25, 0.3) is 0 Å². The number of rotatable bonds is 2. The quantitative estimate of drug-likeness (QED) is 0.571. The second kappa shape index (κ2) is 5.18. The van der Waals surface area contributed by atoms with Crippen molar-refractivity contribution in [3.8, 4) is 0 Å². The van der Waals surface area contributed by atoms with E-state index in [0.717, 1.165) is 0 Å². The Bertz CT molecular complexity index is 431. The molecule has 22 heavy (non-hydrogen) atoms. The molecule has 2 unspecified atom stereocenters. The minimum atomic E-state index is -1.71. The minimum Gasteiger partial charge on any atom is -0.456 e. The highest BCUT2D eigenvalue weighted by molar-refractivity contribution is 5.83. The molecule has 0 aromatic carbocycles. The zero-order valence-corrected chi connectivity index (χ0v) is 14.0. The highest BCUT2D eigenvalue weighted by atomic mass is 17.3. The first-order valence-electron chi connectivity index (χ1n) is 7.42. The second-order valence-electron chi connectivity index (χ2n) is 7.63. The Hall–Kier alpha value is -1.18. The predicted molar refractivity (Wildman–Crippen MR) is 74.3 cm³/mol. The molecule has 0 aliphatic carbocycles. The first-order chi connectivity index (χ1) is 9.88. The van der Waals surface area contributed by atoms with Crippen LogP contribution in [0.5, 0.6) is 0 Å². The molecule has 2 aliphatic rings. The highest BCUT2D eigenvalue weighted by Gasteiger charge is 2.66. The van der Waals surface area contributed by atoms with Gasteiger partial charge in [-0.15, -0.1) is 0 Å². The molecule has 0 radical (unpaired) electrons. The summed E-state index contributed by atoms with van der Waals surface area (Å²) < 4.78 is 16.2. The molecule has 0 saturated carbocycles. The smallest absolute Gasteiger partial charge is 0.370 e. The molecule has 2 atom stereocenters. The topological polar surface area (TPSA) is 80.3 Å². The van der Waals surface area contributed by atoms with Gasteiger partial charge in [-0.2, -0.15) is 9.78 Å². The third kappa shape index (κ3) is 3.42. The van der Waals surface area contributed by atoms with Crippen molar-refractivity contribution >= 4 is 11.9 Å². The SMILES string of the molecule is CC(C)(C)OC(=O)C12CCCC(C(=O)OC(C)(C)C)(OO1)O2. The molecule has 7 heteroatoms. The maximum Gasteiger partial charge on any atom is 0.370 e. The second-order valence-corrected chi connectivity index (χ2v) is 7.63. The lowest BCUT2D eigenvalue weighted by Gasteiger charge is -2.34. The van der Waals surface area contributed by atoms with E-state index < -0.39 is 34.7 Å². The lowest BCUT2D eigenvalue weighted by molar-refractivity contribution is -0.338. The maximum absolute atomic E-state index is 12.3. The first-order valence-corrected chi connectivity index (χ1v) is 7.42. The molecule has 2 bridgehead atoms. The van der Waals surface area contributed by atoms with E-state index in [0.29, 0.717) is 6.42 Å². The van der Waals surface area contributed by atoms with Crippen molar-refractivity contribution in [2.24, 2.45) is 0 Å². The third-order valence-corrected chi connectivity index (χ3v) is 3.07.